The van der Waals surface area contributed by atoms with Crippen molar-refractivity contribution in [2.24, 2.45) is 0 Å². The smallest absolute Gasteiger partial charge is 0.255 e. The van der Waals surface area contributed by atoms with Gasteiger partial charge in [0.2, 0.25) is 0 Å². The van der Waals surface area contributed by atoms with Crippen LogP contribution in [0.4, 0.5) is 5.69 Å². The molecule has 20 heavy (non-hydrogen) atoms. The topological polar surface area (TPSA) is 58.6 Å². The standard InChI is InChI=1S/C16H17NO3/c1-10-4-6-13(8-11(10)2)17-16(19)12-5-7-14(18)15(9-12)20-3/h4-9,18H,1-3H3,(H,17,19). The molecule has 0 saturated carbocycles. The SMILES string of the molecule is COc1cc(C(=O)Nc2ccc(C)c(C)c2)ccc1O. The Morgan fingerprint density at radius 1 is 1.10 bits per heavy atom. The van der Waals surface area contributed by atoms with Gasteiger partial charge in [-0.2, -0.15) is 0 Å². The number of phenols is 1. The number of carbonyl (C=O) groups is 1. The van der Waals surface area contributed by atoms with Crippen LogP contribution in [-0.2, 0) is 0 Å². The van der Waals surface area contributed by atoms with E-state index in [1.807, 2.05) is 32.0 Å². The first-order valence-corrected chi connectivity index (χ1v) is 6.27. The molecule has 0 radical (unpaired) electrons. The first kappa shape index (κ1) is 13.9. The van der Waals surface area contributed by atoms with Crippen molar-refractivity contribution in [2.75, 3.05) is 12.4 Å². The number of anilines is 1. The molecule has 2 N–H and O–H groups in total. The van der Waals surface area contributed by atoms with Crippen molar-refractivity contribution in [3.63, 3.8) is 0 Å². The molecule has 0 heterocycles. The average molecular weight is 271 g/mol. The maximum absolute atomic E-state index is 12.1. The monoisotopic (exact) mass is 271 g/mol. The first-order chi connectivity index (χ1) is 9.51. The molecule has 4 nitrogen and oxygen atoms in total. The number of aryl methyl sites for hydroxylation is 2. The van der Waals surface area contributed by atoms with Gasteiger partial charge < -0.3 is 15.2 Å². The lowest BCUT2D eigenvalue weighted by molar-refractivity contribution is 0.102. The van der Waals surface area contributed by atoms with Crippen LogP contribution in [-0.4, -0.2) is 18.1 Å². The molecule has 0 aliphatic carbocycles. The molecule has 0 atom stereocenters. The zero-order valence-electron chi connectivity index (χ0n) is 11.7. The molecule has 2 aromatic rings. The summed E-state index contributed by atoms with van der Waals surface area (Å²) in [6.07, 6.45) is 0. The van der Waals surface area contributed by atoms with E-state index in [1.54, 1.807) is 6.07 Å². The van der Waals surface area contributed by atoms with Crippen LogP contribution in [0.15, 0.2) is 36.4 Å². The largest absolute Gasteiger partial charge is 0.504 e. The van der Waals surface area contributed by atoms with Crippen molar-refractivity contribution in [3.05, 3.63) is 53.1 Å². The Hall–Kier alpha value is -2.49. The fraction of sp³-hybridized carbons (Fsp3) is 0.188. The van der Waals surface area contributed by atoms with Gasteiger partial charge in [0.1, 0.15) is 0 Å². The Labute approximate surface area is 118 Å². The van der Waals surface area contributed by atoms with Gasteiger partial charge in [0, 0.05) is 11.3 Å². The summed E-state index contributed by atoms with van der Waals surface area (Å²) < 4.78 is 4.99. The van der Waals surface area contributed by atoms with Crippen LogP contribution in [0.5, 0.6) is 11.5 Å². The Morgan fingerprint density at radius 2 is 1.85 bits per heavy atom. The molecule has 0 aliphatic rings. The number of benzene rings is 2. The molecule has 1 amide bonds. The van der Waals surface area contributed by atoms with Crippen molar-refractivity contribution in [2.45, 2.75) is 13.8 Å². The minimum Gasteiger partial charge on any atom is -0.504 e. The second-order valence-electron chi connectivity index (χ2n) is 4.64. The third-order valence-electron chi connectivity index (χ3n) is 3.21. The summed E-state index contributed by atoms with van der Waals surface area (Å²) in [6.45, 7) is 4.01. The molecule has 0 unspecified atom stereocenters. The number of aromatic hydroxyl groups is 1. The minimum atomic E-state index is -0.244. The molecule has 0 fully saturated rings. The molecular formula is C16H17NO3. The fourth-order valence-electron chi connectivity index (χ4n) is 1.84. The van der Waals surface area contributed by atoms with Crippen molar-refractivity contribution in [1.82, 2.24) is 0 Å². The van der Waals surface area contributed by atoms with Gasteiger partial charge in [-0.25, -0.2) is 0 Å². The van der Waals surface area contributed by atoms with E-state index in [4.69, 9.17) is 4.74 Å². The van der Waals surface area contributed by atoms with Crippen LogP contribution in [0.3, 0.4) is 0 Å². The molecular weight excluding hydrogens is 254 g/mol. The van der Waals surface area contributed by atoms with Crippen LogP contribution in [0.25, 0.3) is 0 Å². The highest BCUT2D eigenvalue weighted by Crippen LogP contribution is 2.26. The van der Waals surface area contributed by atoms with E-state index in [1.165, 1.54) is 24.8 Å². The number of amides is 1. The van der Waals surface area contributed by atoms with E-state index in [0.29, 0.717) is 5.56 Å². The highest BCUT2D eigenvalue weighted by Gasteiger charge is 2.10. The van der Waals surface area contributed by atoms with Crippen LogP contribution in [0.1, 0.15) is 21.5 Å². The lowest BCUT2D eigenvalue weighted by atomic mass is 10.1. The molecule has 2 rings (SSSR count). The van der Waals surface area contributed by atoms with Crippen molar-refractivity contribution >= 4 is 11.6 Å². The van der Waals surface area contributed by atoms with Gasteiger partial charge in [0.25, 0.3) is 5.91 Å². The second kappa shape index (κ2) is 5.65. The summed E-state index contributed by atoms with van der Waals surface area (Å²) in [6, 6.07) is 10.2. The summed E-state index contributed by atoms with van der Waals surface area (Å²) in [4.78, 5) is 12.1. The van der Waals surface area contributed by atoms with E-state index < -0.39 is 0 Å². The van der Waals surface area contributed by atoms with Gasteiger partial charge in [-0.3, -0.25) is 4.79 Å². The van der Waals surface area contributed by atoms with E-state index in [2.05, 4.69) is 5.32 Å². The summed E-state index contributed by atoms with van der Waals surface area (Å²) in [5.41, 5.74) is 3.46. The lowest BCUT2D eigenvalue weighted by Gasteiger charge is -2.09. The third kappa shape index (κ3) is 2.91. The predicted molar refractivity (Wildman–Crippen MR) is 78.5 cm³/mol. The number of rotatable bonds is 3. The summed E-state index contributed by atoms with van der Waals surface area (Å²) in [5, 5.41) is 12.3. The highest BCUT2D eigenvalue weighted by atomic mass is 16.5. The Bertz CT molecular complexity index is 650. The number of phenolic OH excluding ortho intramolecular Hbond substituents is 1. The van der Waals surface area contributed by atoms with E-state index in [9.17, 15) is 9.90 Å². The van der Waals surface area contributed by atoms with Crippen LogP contribution in [0, 0.1) is 13.8 Å². The van der Waals surface area contributed by atoms with Crippen molar-refractivity contribution in [3.8, 4) is 11.5 Å². The zero-order valence-corrected chi connectivity index (χ0v) is 11.7. The number of hydrogen-bond donors (Lipinski definition) is 2. The zero-order chi connectivity index (χ0) is 14.7. The normalized spacial score (nSPS) is 10.2. The lowest BCUT2D eigenvalue weighted by Crippen LogP contribution is -2.12. The molecule has 4 heteroatoms. The van der Waals surface area contributed by atoms with E-state index in [0.717, 1.165) is 11.3 Å². The maximum atomic E-state index is 12.1. The Kier molecular flexibility index (Phi) is 3.94. The molecule has 0 aromatic heterocycles. The number of methoxy groups -OCH3 is 1. The molecule has 104 valence electrons. The third-order valence-corrected chi connectivity index (χ3v) is 3.21. The van der Waals surface area contributed by atoms with Gasteiger partial charge in [0.15, 0.2) is 11.5 Å². The number of ether oxygens (including phenoxy) is 1. The van der Waals surface area contributed by atoms with Crippen molar-refractivity contribution < 1.29 is 14.6 Å². The molecule has 0 bridgehead atoms. The summed E-state index contributed by atoms with van der Waals surface area (Å²) in [5.74, 6) is 0.0412. The van der Waals surface area contributed by atoms with Gasteiger partial charge >= 0.3 is 0 Å². The van der Waals surface area contributed by atoms with Gasteiger partial charge in [-0.1, -0.05) is 6.07 Å². The molecule has 0 spiro atoms. The summed E-state index contributed by atoms with van der Waals surface area (Å²) >= 11 is 0. The average Bonchev–Trinajstić information content (AvgIpc) is 2.43. The molecule has 0 aliphatic heterocycles. The second-order valence-corrected chi connectivity index (χ2v) is 4.64. The fourth-order valence-corrected chi connectivity index (χ4v) is 1.84. The van der Waals surface area contributed by atoms with Crippen LogP contribution >= 0.6 is 0 Å². The minimum absolute atomic E-state index is 0.00947. The predicted octanol–water partition coefficient (Wildman–Crippen LogP) is 3.27. The van der Waals surface area contributed by atoms with Crippen molar-refractivity contribution in [1.29, 1.82) is 0 Å². The quantitative estimate of drug-likeness (QED) is 0.900. The number of carbonyl (C=O) groups excluding carboxylic acids is 1. The molecule has 2 aromatic carbocycles. The van der Waals surface area contributed by atoms with Crippen LogP contribution < -0.4 is 10.1 Å². The number of nitrogens with one attached hydrogen (secondary N) is 1. The van der Waals surface area contributed by atoms with Gasteiger partial charge in [-0.05, 0) is 55.3 Å². The summed E-state index contributed by atoms with van der Waals surface area (Å²) in [7, 11) is 1.44. The Morgan fingerprint density at radius 3 is 2.50 bits per heavy atom. The van der Waals surface area contributed by atoms with E-state index >= 15 is 0 Å². The maximum Gasteiger partial charge on any atom is 0.255 e. The highest BCUT2D eigenvalue weighted by molar-refractivity contribution is 6.04. The number of hydrogen-bond acceptors (Lipinski definition) is 3. The van der Waals surface area contributed by atoms with Gasteiger partial charge in [-0.15, -0.1) is 0 Å². The van der Waals surface area contributed by atoms with E-state index in [-0.39, 0.29) is 17.4 Å². The Balaban J connectivity index is 2.21. The molecule has 0 saturated heterocycles. The van der Waals surface area contributed by atoms with Crippen LogP contribution in [0.2, 0.25) is 0 Å². The van der Waals surface area contributed by atoms with Gasteiger partial charge in [0.05, 0.1) is 7.11 Å². The first-order valence-electron chi connectivity index (χ1n) is 6.27.